The quantitative estimate of drug-likeness (QED) is 0.904. The lowest BCUT2D eigenvalue weighted by Crippen LogP contribution is -2.15. The zero-order chi connectivity index (χ0) is 15.2. The van der Waals surface area contributed by atoms with E-state index >= 15 is 0 Å². The number of amides is 1. The Balaban J connectivity index is 2.31. The zero-order valence-electron chi connectivity index (χ0n) is 11.5. The normalized spacial score (nSPS) is 9.76. The van der Waals surface area contributed by atoms with E-state index in [4.69, 9.17) is 5.26 Å². The minimum Gasteiger partial charge on any atom is -0.385 e. The summed E-state index contributed by atoms with van der Waals surface area (Å²) in [7, 11) is 0. The van der Waals surface area contributed by atoms with Crippen molar-refractivity contribution in [3.63, 3.8) is 0 Å². The van der Waals surface area contributed by atoms with Gasteiger partial charge >= 0.3 is 0 Å². The maximum atomic E-state index is 13.5. The van der Waals surface area contributed by atoms with Gasteiger partial charge in [0.1, 0.15) is 17.4 Å². The molecule has 2 rings (SSSR count). The predicted molar refractivity (Wildman–Crippen MR) is 79.7 cm³/mol. The van der Waals surface area contributed by atoms with Gasteiger partial charge in [0.2, 0.25) is 0 Å². The fourth-order valence-corrected chi connectivity index (χ4v) is 1.96. The van der Waals surface area contributed by atoms with Crippen molar-refractivity contribution in [2.45, 2.75) is 6.92 Å². The van der Waals surface area contributed by atoms with Crippen molar-refractivity contribution >= 4 is 17.3 Å². The van der Waals surface area contributed by atoms with Crippen molar-refractivity contribution in [1.29, 1.82) is 5.26 Å². The molecule has 0 aliphatic rings. The first kappa shape index (κ1) is 14.5. The molecule has 0 aromatic heterocycles. The Morgan fingerprint density at radius 3 is 2.62 bits per heavy atom. The smallest absolute Gasteiger partial charge is 0.257 e. The lowest BCUT2D eigenvalue weighted by atomic mass is 10.1. The van der Waals surface area contributed by atoms with E-state index in [2.05, 4.69) is 10.6 Å². The number of rotatable bonds is 4. The van der Waals surface area contributed by atoms with Crippen LogP contribution in [0.25, 0.3) is 0 Å². The fraction of sp³-hybridized carbons (Fsp3) is 0.125. The van der Waals surface area contributed by atoms with E-state index in [-0.39, 0.29) is 11.3 Å². The molecule has 0 bridgehead atoms. The summed E-state index contributed by atoms with van der Waals surface area (Å²) in [6.45, 7) is 2.60. The Morgan fingerprint density at radius 1 is 1.19 bits per heavy atom. The molecular weight excluding hydrogens is 269 g/mol. The molecule has 0 heterocycles. The van der Waals surface area contributed by atoms with Crippen molar-refractivity contribution in [3.05, 3.63) is 59.4 Å². The van der Waals surface area contributed by atoms with Crippen LogP contribution in [0.4, 0.5) is 15.8 Å². The molecular formula is C16H14FN3O. The van der Waals surface area contributed by atoms with Crippen LogP contribution in [0.15, 0.2) is 42.5 Å². The highest BCUT2D eigenvalue weighted by atomic mass is 19.1. The third-order valence-corrected chi connectivity index (χ3v) is 2.91. The molecule has 4 nitrogen and oxygen atoms in total. The summed E-state index contributed by atoms with van der Waals surface area (Å²) in [5.74, 6) is -1.05. The Labute approximate surface area is 122 Å². The topological polar surface area (TPSA) is 64.9 Å². The molecule has 0 radical (unpaired) electrons. The van der Waals surface area contributed by atoms with E-state index in [9.17, 15) is 9.18 Å². The Kier molecular flexibility index (Phi) is 4.52. The van der Waals surface area contributed by atoms with Gasteiger partial charge in [-0.05, 0) is 31.2 Å². The van der Waals surface area contributed by atoms with E-state index in [1.165, 1.54) is 18.2 Å². The van der Waals surface area contributed by atoms with Crippen LogP contribution >= 0.6 is 0 Å². The number of hydrogen-bond acceptors (Lipinski definition) is 3. The maximum absolute atomic E-state index is 13.5. The Hall–Kier alpha value is -2.87. The minimum absolute atomic E-state index is 0.161. The van der Waals surface area contributed by atoms with Gasteiger partial charge < -0.3 is 10.6 Å². The van der Waals surface area contributed by atoms with Crippen LogP contribution in [0.1, 0.15) is 22.8 Å². The highest BCUT2D eigenvalue weighted by Gasteiger charge is 2.14. The van der Waals surface area contributed by atoms with Gasteiger partial charge in [0, 0.05) is 12.2 Å². The summed E-state index contributed by atoms with van der Waals surface area (Å²) in [6, 6.07) is 12.9. The second-order valence-corrected chi connectivity index (χ2v) is 4.30. The number of benzene rings is 2. The van der Waals surface area contributed by atoms with Gasteiger partial charge in [-0.2, -0.15) is 5.26 Å². The number of para-hydroxylation sites is 1. The van der Waals surface area contributed by atoms with Crippen molar-refractivity contribution in [3.8, 4) is 6.07 Å². The first-order valence-electron chi connectivity index (χ1n) is 6.50. The molecule has 0 fully saturated rings. The van der Waals surface area contributed by atoms with Crippen molar-refractivity contribution in [2.24, 2.45) is 0 Å². The number of anilines is 2. The second-order valence-electron chi connectivity index (χ2n) is 4.30. The van der Waals surface area contributed by atoms with E-state index < -0.39 is 11.7 Å². The van der Waals surface area contributed by atoms with Crippen LogP contribution in [0, 0.1) is 17.1 Å². The van der Waals surface area contributed by atoms with Crippen LogP contribution in [-0.2, 0) is 0 Å². The number of carbonyl (C=O) groups is 1. The number of halogens is 1. The highest BCUT2D eigenvalue weighted by molar-refractivity contribution is 6.08. The number of nitrogens with zero attached hydrogens (tertiary/aromatic N) is 1. The fourth-order valence-electron chi connectivity index (χ4n) is 1.96. The maximum Gasteiger partial charge on any atom is 0.257 e. The van der Waals surface area contributed by atoms with Crippen molar-refractivity contribution in [1.82, 2.24) is 0 Å². The molecule has 0 aliphatic heterocycles. The summed E-state index contributed by atoms with van der Waals surface area (Å²) < 4.78 is 13.5. The van der Waals surface area contributed by atoms with E-state index in [1.807, 2.05) is 13.0 Å². The number of nitrogens with one attached hydrogen (secondary N) is 2. The molecule has 2 aromatic carbocycles. The van der Waals surface area contributed by atoms with Gasteiger partial charge in [-0.15, -0.1) is 0 Å². The van der Waals surface area contributed by atoms with E-state index in [1.54, 1.807) is 24.3 Å². The number of carbonyl (C=O) groups excluding carboxylic acids is 1. The summed E-state index contributed by atoms with van der Waals surface area (Å²) >= 11 is 0. The van der Waals surface area contributed by atoms with Crippen LogP contribution in [0.5, 0.6) is 0 Å². The number of nitriles is 1. The van der Waals surface area contributed by atoms with Gasteiger partial charge in [-0.25, -0.2) is 4.39 Å². The minimum atomic E-state index is -0.657. The molecule has 0 unspecified atom stereocenters. The summed E-state index contributed by atoms with van der Waals surface area (Å²) in [6.07, 6.45) is 0. The lowest BCUT2D eigenvalue weighted by molar-refractivity contribution is 0.102. The van der Waals surface area contributed by atoms with Gasteiger partial charge in [0.05, 0.1) is 11.3 Å². The zero-order valence-corrected chi connectivity index (χ0v) is 11.5. The molecule has 21 heavy (non-hydrogen) atoms. The molecule has 0 saturated carbocycles. The molecule has 5 heteroatoms. The molecule has 1 amide bonds. The molecule has 0 spiro atoms. The predicted octanol–water partition coefficient (Wildman–Crippen LogP) is 3.38. The number of hydrogen-bond donors (Lipinski definition) is 2. The van der Waals surface area contributed by atoms with Crippen LogP contribution in [0.3, 0.4) is 0 Å². The molecule has 0 saturated heterocycles. The molecule has 2 N–H and O–H groups in total. The monoisotopic (exact) mass is 283 g/mol. The van der Waals surface area contributed by atoms with Crippen LogP contribution in [0.2, 0.25) is 0 Å². The van der Waals surface area contributed by atoms with Gasteiger partial charge in [0.25, 0.3) is 5.91 Å². The highest BCUT2D eigenvalue weighted by Crippen LogP contribution is 2.21. The first-order valence-corrected chi connectivity index (χ1v) is 6.50. The van der Waals surface area contributed by atoms with Crippen molar-refractivity contribution in [2.75, 3.05) is 17.2 Å². The largest absolute Gasteiger partial charge is 0.385 e. The Morgan fingerprint density at radius 2 is 1.90 bits per heavy atom. The summed E-state index contributed by atoms with van der Waals surface area (Å²) in [5.41, 5.74) is 1.11. The first-order chi connectivity index (χ1) is 10.2. The van der Waals surface area contributed by atoms with Crippen LogP contribution in [-0.4, -0.2) is 12.5 Å². The lowest BCUT2D eigenvalue weighted by Gasteiger charge is -2.11. The molecule has 106 valence electrons. The standard InChI is InChI=1S/C16H14FN3O/c1-2-19-14-8-4-3-6-11(14)16(21)20-15-9-5-7-13(17)12(15)10-18/h3-9,19H,2H2,1H3,(H,20,21). The summed E-state index contributed by atoms with van der Waals surface area (Å²) in [5, 5.41) is 14.6. The average Bonchev–Trinajstić information content (AvgIpc) is 2.48. The van der Waals surface area contributed by atoms with Gasteiger partial charge in [-0.3, -0.25) is 4.79 Å². The molecule has 2 aromatic rings. The van der Waals surface area contributed by atoms with E-state index in [0.29, 0.717) is 17.8 Å². The SMILES string of the molecule is CCNc1ccccc1C(=O)Nc1cccc(F)c1C#N. The van der Waals surface area contributed by atoms with Crippen molar-refractivity contribution < 1.29 is 9.18 Å². The summed E-state index contributed by atoms with van der Waals surface area (Å²) in [4.78, 5) is 12.3. The Bertz CT molecular complexity index is 707. The third-order valence-electron chi connectivity index (χ3n) is 2.91. The van der Waals surface area contributed by atoms with Gasteiger partial charge in [0.15, 0.2) is 0 Å². The van der Waals surface area contributed by atoms with Gasteiger partial charge in [-0.1, -0.05) is 18.2 Å². The third kappa shape index (κ3) is 3.18. The van der Waals surface area contributed by atoms with E-state index in [0.717, 1.165) is 0 Å². The second kappa shape index (κ2) is 6.53. The molecule has 0 aliphatic carbocycles. The molecule has 0 atom stereocenters. The van der Waals surface area contributed by atoms with Crippen LogP contribution < -0.4 is 10.6 Å². The average molecular weight is 283 g/mol.